The first kappa shape index (κ1) is 34.5. The molecule has 0 saturated heterocycles. The van der Waals surface area contributed by atoms with Crippen molar-refractivity contribution in [3.05, 3.63) is 218 Å². The molecule has 0 spiro atoms. The van der Waals surface area contributed by atoms with Gasteiger partial charge in [-0.2, -0.15) is 0 Å². The number of rotatable bonds is 5. The predicted molar refractivity (Wildman–Crippen MR) is 260 cm³/mol. The number of benzene rings is 10. The molecule has 0 amide bonds. The Morgan fingerprint density at radius 3 is 1.73 bits per heavy atom. The van der Waals surface area contributed by atoms with Crippen molar-refractivity contribution in [1.82, 2.24) is 19.1 Å². The molecule has 0 radical (unpaired) electrons. The van der Waals surface area contributed by atoms with Crippen LogP contribution in [0.25, 0.3) is 121 Å². The quantitative estimate of drug-likeness (QED) is 0.174. The second-order valence-corrected chi connectivity index (χ2v) is 16.2. The molecule has 0 fully saturated rings. The van der Waals surface area contributed by atoms with E-state index in [0.717, 1.165) is 55.7 Å². The van der Waals surface area contributed by atoms with Gasteiger partial charge in [0.05, 0.1) is 39.1 Å². The largest absolute Gasteiger partial charge is 0.309 e. The van der Waals surface area contributed by atoms with Crippen LogP contribution < -0.4 is 0 Å². The molecule has 10 aromatic carbocycles. The van der Waals surface area contributed by atoms with Gasteiger partial charge < -0.3 is 9.13 Å². The first-order valence-corrected chi connectivity index (χ1v) is 21.2. The molecule has 0 saturated carbocycles. The summed E-state index contributed by atoms with van der Waals surface area (Å²) in [7, 11) is 0. The summed E-state index contributed by atoms with van der Waals surface area (Å²) in [5.41, 5.74) is 11.9. The van der Waals surface area contributed by atoms with Gasteiger partial charge in [0.2, 0.25) is 0 Å². The lowest BCUT2D eigenvalue weighted by Gasteiger charge is -2.14. The molecule has 0 aliphatic heterocycles. The Kier molecular flexibility index (Phi) is 7.57. The van der Waals surface area contributed by atoms with Crippen LogP contribution in [0.2, 0.25) is 0 Å². The zero-order valence-corrected chi connectivity index (χ0v) is 33.6. The summed E-state index contributed by atoms with van der Waals surface area (Å²) in [6, 6.07) is 78.6. The van der Waals surface area contributed by atoms with Gasteiger partial charge in [0.25, 0.3) is 0 Å². The van der Waals surface area contributed by atoms with Gasteiger partial charge in [0.15, 0.2) is 5.82 Å². The maximum Gasteiger partial charge on any atom is 0.160 e. The van der Waals surface area contributed by atoms with Crippen LogP contribution in [0.5, 0.6) is 0 Å². The topological polar surface area (TPSA) is 35.6 Å². The van der Waals surface area contributed by atoms with Crippen molar-refractivity contribution >= 4 is 75.9 Å². The average molecular weight is 789 g/mol. The van der Waals surface area contributed by atoms with Crippen LogP contribution in [-0.4, -0.2) is 19.1 Å². The van der Waals surface area contributed by atoms with E-state index >= 15 is 0 Å². The summed E-state index contributed by atoms with van der Waals surface area (Å²) in [6.45, 7) is 0. The molecule has 13 rings (SSSR count). The van der Waals surface area contributed by atoms with Gasteiger partial charge in [-0.25, -0.2) is 9.97 Å². The van der Waals surface area contributed by atoms with E-state index in [4.69, 9.17) is 9.97 Å². The smallest absolute Gasteiger partial charge is 0.160 e. The normalized spacial score (nSPS) is 11.9. The highest BCUT2D eigenvalue weighted by Gasteiger charge is 2.21. The van der Waals surface area contributed by atoms with Crippen LogP contribution in [0.4, 0.5) is 0 Å². The van der Waals surface area contributed by atoms with Gasteiger partial charge in [-0.15, -0.1) is 0 Å². The van der Waals surface area contributed by atoms with Gasteiger partial charge in [-0.3, -0.25) is 0 Å². The Labute approximate surface area is 357 Å². The molecule has 3 heterocycles. The minimum atomic E-state index is 0.700. The number of hydrogen-bond donors (Lipinski definition) is 0. The van der Waals surface area contributed by atoms with E-state index in [1.807, 2.05) is 12.1 Å². The third-order valence-electron chi connectivity index (χ3n) is 12.7. The average Bonchev–Trinajstić information content (AvgIpc) is 3.85. The zero-order chi connectivity index (χ0) is 40.7. The van der Waals surface area contributed by atoms with Crippen molar-refractivity contribution in [3.63, 3.8) is 0 Å². The fourth-order valence-corrected chi connectivity index (χ4v) is 9.79. The molecule has 13 aromatic rings. The number of fused-ring (bicyclic) bond motifs is 10. The lowest BCUT2D eigenvalue weighted by molar-refractivity contribution is 1.17. The maximum absolute atomic E-state index is 5.16. The van der Waals surface area contributed by atoms with Crippen molar-refractivity contribution in [2.45, 2.75) is 0 Å². The predicted octanol–water partition coefficient (Wildman–Crippen LogP) is 15.1. The second-order valence-electron chi connectivity index (χ2n) is 16.2. The van der Waals surface area contributed by atoms with E-state index in [1.54, 1.807) is 0 Å². The highest BCUT2D eigenvalue weighted by molar-refractivity contribution is 6.25. The van der Waals surface area contributed by atoms with Gasteiger partial charge in [0.1, 0.15) is 0 Å². The summed E-state index contributed by atoms with van der Waals surface area (Å²) in [5, 5.41) is 12.2. The Morgan fingerprint density at radius 1 is 0.290 bits per heavy atom. The first-order chi connectivity index (χ1) is 30.7. The van der Waals surface area contributed by atoms with Crippen molar-refractivity contribution in [2.24, 2.45) is 0 Å². The molecular formula is C58H36N4. The SMILES string of the molecule is c1ccc(-c2cc(-c3ccccc3)nc(-c3ccc4c(-n5c6ccccc6c6cc7c8c9ccccc9ccc8n(-c8ccc9ccccc9c8)c7cc65)cccc4c3)n2)cc1. The molecule has 0 aliphatic rings. The monoisotopic (exact) mass is 788 g/mol. The van der Waals surface area contributed by atoms with Gasteiger partial charge in [0, 0.05) is 49.3 Å². The van der Waals surface area contributed by atoms with Crippen LogP contribution in [0.15, 0.2) is 218 Å². The van der Waals surface area contributed by atoms with Crippen LogP contribution in [0.3, 0.4) is 0 Å². The number of para-hydroxylation sites is 1. The Bertz CT molecular complexity index is 3860. The summed E-state index contributed by atoms with van der Waals surface area (Å²) in [4.78, 5) is 10.3. The summed E-state index contributed by atoms with van der Waals surface area (Å²) >= 11 is 0. The molecule has 0 bridgehead atoms. The second kappa shape index (κ2) is 13.6. The van der Waals surface area contributed by atoms with Crippen molar-refractivity contribution in [1.29, 1.82) is 0 Å². The highest BCUT2D eigenvalue weighted by Crippen LogP contribution is 2.43. The Hall–Kier alpha value is -8.34. The third kappa shape index (κ3) is 5.33. The molecule has 3 aromatic heterocycles. The lowest BCUT2D eigenvalue weighted by atomic mass is 10.0. The maximum atomic E-state index is 5.16. The number of nitrogens with zero attached hydrogens (tertiary/aromatic N) is 4. The summed E-state index contributed by atoms with van der Waals surface area (Å²) in [5.74, 6) is 0.700. The van der Waals surface area contributed by atoms with Crippen molar-refractivity contribution < 1.29 is 0 Å². The number of hydrogen-bond acceptors (Lipinski definition) is 2. The van der Waals surface area contributed by atoms with Gasteiger partial charge in [-0.1, -0.05) is 164 Å². The molecule has 0 unspecified atom stereocenters. The van der Waals surface area contributed by atoms with E-state index in [-0.39, 0.29) is 0 Å². The lowest BCUT2D eigenvalue weighted by Crippen LogP contribution is -1.98. The van der Waals surface area contributed by atoms with E-state index in [2.05, 4.69) is 215 Å². The van der Waals surface area contributed by atoms with Crippen LogP contribution >= 0.6 is 0 Å². The molecule has 288 valence electrons. The van der Waals surface area contributed by atoms with E-state index in [0.29, 0.717) is 5.82 Å². The standard InChI is InChI=1S/C58H36N4/c1-3-16-39(17-4-1)50-35-51(40-18-5-2-6-19-40)60-58(59-50)43-27-30-45-42(32-43)21-13-25-52(45)62-53-24-12-11-23-47(53)48-34-49-56(36-55(48)62)61(44-29-26-37-14-7-8-20-41(37)33-44)54-31-28-38-15-9-10-22-46(38)57(49)54/h1-36H. The molecule has 0 atom stereocenters. The third-order valence-corrected chi connectivity index (χ3v) is 12.7. The first-order valence-electron chi connectivity index (χ1n) is 21.2. The number of aromatic nitrogens is 4. The fraction of sp³-hybridized carbons (Fsp3) is 0. The Morgan fingerprint density at radius 2 is 0.935 bits per heavy atom. The summed E-state index contributed by atoms with van der Waals surface area (Å²) < 4.78 is 4.93. The highest BCUT2D eigenvalue weighted by atomic mass is 15.0. The van der Waals surface area contributed by atoms with Crippen LogP contribution in [0, 0.1) is 0 Å². The molecule has 4 heteroatoms. The van der Waals surface area contributed by atoms with E-state index < -0.39 is 0 Å². The van der Waals surface area contributed by atoms with Gasteiger partial charge in [-0.05, 0) is 81.5 Å². The Balaban J connectivity index is 1.05. The van der Waals surface area contributed by atoms with Crippen LogP contribution in [0.1, 0.15) is 0 Å². The van der Waals surface area contributed by atoms with Crippen molar-refractivity contribution in [3.8, 4) is 45.3 Å². The molecular weight excluding hydrogens is 753 g/mol. The van der Waals surface area contributed by atoms with Crippen molar-refractivity contribution in [2.75, 3.05) is 0 Å². The molecule has 0 aliphatic carbocycles. The van der Waals surface area contributed by atoms with E-state index in [9.17, 15) is 0 Å². The van der Waals surface area contributed by atoms with Crippen LogP contribution in [-0.2, 0) is 0 Å². The zero-order valence-electron chi connectivity index (χ0n) is 33.6. The summed E-state index contributed by atoms with van der Waals surface area (Å²) in [6.07, 6.45) is 0. The molecule has 4 nitrogen and oxygen atoms in total. The minimum absolute atomic E-state index is 0.700. The van der Waals surface area contributed by atoms with E-state index in [1.165, 1.54) is 59.6 Å². The minimum Gasteiger partial charge on any atom is -0.309 e. The fourth-order valence-electron chi connectivity index (χ4n) is 9.79. The molecule has 62 heavy (non-hydrogen) atoms. The molecule has 0 N–H and O–H groups in total. The van der Waals surface area contributed by atoms with Gasteiger partial charge >= 0.3 is 0 Å².